The van der Waals surface area contributed by atoms with Crippen molar-refractivity contribution in [2.24, 2.45) is 0 Å². The number of ether oxygens (including phenoxy) is 10. The zero-order valence-electron chi connectivity index (χ0n) is 66.4. The van der Waals surface area contributed by atoms with Crippen LogP contribution in [0.5, 0.6) is 28.7 Å². The standard InChI is InChI=1S/2C24H28N2O5.C17H17N3O3.C13H16BrNO3.C8H8BrNO.ClH/c2*1-5-29-22(27)18-8-6-7-16-14-25(15-19(16)18)17-9-10-20-21(13-17)30-12-11-26(20)23(28)31-24(2,3)4;21-17(19-22)13-3-1-2-11-9-20(10-14(11)13)12-4-5-15-16(8-12)23-7-6-18-15;1-13(2,3)18-12(16)15-6-7-17-11-5-4-9(14)8-10(11)15;9-6-1-2-7-8(5-6)11-4-3-10-7;/h2*6-10,13H,5,11-12,14-15H2,1-4H3;1-5,8,18,22H,6-7,9-10H2,(H,19,21);4-5,8H,6-7H2,1-3H3;1-2,5,10H,3-4H2;1H. The van der Waals surface area contributed by atoms with E-state index in [1.165, 1.54) is 0 Å². The van der Waals surface area contributed by atoms with Crippen LogP contribution in [0.4, 0.5) is 59.9 Å². The van der Waals surface area contributed by atoms with Crippen LogP contribution in [-0.4, -0.2) is 137 Å². The third kappa shape index (κ3) is 21.2. The van der Waals surface area contributed by atoms with Gasteiger partial charge in [-0.3, -0.25) is 24.7 Å². The zero-order chi connectivity index (χ0) is 81.2. The Morgan fingerprint density at radius 3 is 1.20 bits per heavy atom. The van der Waals surface area contributed by atoms with Crippen LogP contribution in [0.25, 0.3) is 0 Å². The molecule has 4 N–H and O–H groups in total. The fourth-order valence-electron chi connectivity index (χ4n) is 13.8. The Morgan fingerprint density at radius 1 is 0.417 bits per heavy atom. The first kappa shape index (κ1) is 85.1. The number of hydroxylamine groups is 1. The molecule has 8 aliphatic heterocycles. The van der Waals surface area contributed by atoms with Crippen LogP contribution in [0.1, 0.15) is 141 Å². The van der Waals surface area contributed by atoms with E-state index < -0.39 is 22.7 Å². The highest BCUT2D eigenvalue weighted by molar-refractivity contribution is 9.10. The summed E-state index contributed by atoms with van der Waals surface area (Å²) in [5.41, 5.74) is 15.3. The molecule has 0 atom stereocenters. The third-order valence-corrected chi connectivity index (χ3v) is 19.9. The minimum atomic E-state index is -0.562. The first-order valence-corrected chi connectivity index (χ1v) is 39.6. The molecule has 26 nitrogen and oxygen atoms in total. The summed E-state index contributed by atoms with van der Waals surface area (Å²) in [5.74, 6) is 2.75. The van der Waals surface area contributed by atoms with Crippen LogP contribution in [0.3, 0.4) is 0 Å². The SMILES string of the molecule is Brc1ccc2c(c1)OCCN2.CC(C)(C)OC(=O)N1CCOc2ccc(Br)cc21.CCOC(=O)c1cccc2c1CN(c1ccc3c(c1)OCCN3C(=O)OC(C)(C)C)C2.CCOC(=O)c1cccc2c1CN(c1ccc3c(c1)OCCN3C(=O)OC(C)(C)C)C2.Cl.O=C(NO)c1cccc2c1CN(c1ccc3c(c1)OCCN3)C2. The molecule has 0 aromatic heterocycles. The number of esters is 2. The molecule has 8 heterocycles. The Morgan fingerprint density at radius 2 is 0.774 bits per heavy atom. The van der Waals surface area contributed by atoms with Gasteiger partial charge in [0.25, 0.3) is 5.91 Å². The van der Waals surface area contributed by atoms with Gasteiger partial charge >= 0.3 is 30.2 Å². The van der Waals surface area contributed by atoms with Crippen molar-refractivity contribution < 1.29 is 81.3 Å². The van der Waals surface area contributed by atoms with Crippen molar-refractivity contribution in [1.29, 1.82) is 0 Å². The van der Waals surface area contributed by atoms with E-state index in [4.69, 9.17) is 52.6 Å². The lowest BCUT2D eigenvalue weighted by molar-refractivity contribution is 0.0515. The van der Waals surface area contributed by atoms with Crippen molar-refractivity contribution in [3.63, 3.8) is 0 Å². The van der Waals surface area contributed by atoms with Gasteiger partial charge < -0.3 is 72.7 Å². The maximum absolute atomic E-state index is 12.6. The summed E-state index contributed by atoms with van der Waals surface area (Å²) in [4.78, 5) is 85.2. The summed E-state index contributed by atoms with van der Waals surface area (Å²) >= 11 is 6.78. The molecule has 8 aromatic rings. The second-order valence-corrected chi connectivity index (χ2v) is 32.3. The van der Waals surface area contributed by atoms with Crippen LogP contribution < -0.4 is 69.2 Å². The van der Waals surface area contributed by atoms with E-state index in [-0.39, 0.29) is 42.6 Å². The number of benzene rings is 8. The summed E-state index contributed by atoms with van der Waals surface area (Å²) in [7, 11) is 0. The molecule has 4 amide bonds. The zero-order valence-corrected chi connectivity index (χ0v) is 70.4. The molecule has 16 rings (SSSR count). The van der Waals surface area contributed by atoms with Crippen LogP contribution in [0.15, 0.2) is 155 Å². The van der Waals surface area contributed by atoms with Gasteiger partial charge in [-0.1, -0.05) is 68.3 Å². The summed E-state index contributed by atoms with van der Waals surface area (Å²) in [6.45, 7) is 30.8. The van der Waals surface area contributed by atoms with Gasteiger partial charge in [-0.2, -0.15) is 0 Å². The summed E-state index contributed by atoms with van der Waals surface area (Å²) in [6.07, 6.45) is -1.10. The van der Waals surface area contributed by atoms with Crippen molar-refractivity contribution in [3.05, 3.63) is 205 Å². The Hall–Kier alpha value is -10.8. The van der Waals surface area contributed by atoms with E-state index in [9.17, 15) is 28.8 Å². The van der Waals surface area contributed by atoms with Crippen LogP contribution in [-0.2, 0) is 63.0 Å². The molecule has 0 aliphatic carbocycles. The van der Waals surface area contributed by atoms with Crippen molar-refractivity contribution in [2.75, 3.05) is 119 Å². The Kier molecular flexibility index (Phi) is 27.5. The maximum Gasteiger partial charge on any atom is 0.415 e. The molecule has 0 radical (unpaired) electrons. The fourth-order valence-corrected chi connectivity index (χ4v) is 14.5. The highest BCUT2D eigenvalue weighted by Crippen LogP contribution is 2.43. The highest BCUT2D eigenvalue weighted by atomic mass is 79.9. The molecule has 0 saturated carbocycles. The van der Waals surface area contributed by atoms with E-state index >= 15 is 0 Å². The number of rotatable bonds is 8. The van der Waals surface area contributed by atoms with Gasteiger partial charge in [-0.25, -0.2) is 29.5 Å². The quantitative estimate of drug-likeness (QED) is 0.0476. The number of anilines is 8. The average Bonchev–Trinajstić information content (AvgIpc) is 1.70. The largest absolute Gasteiger partial charge is 0.490 e. The van der Waals surface area contributed by atoms with E-state index in [0.717, 1.165) is 114 Å². The van der Waals surface area contributed by atoms with Gasteiger partial charge in [-0.05, 0) is 201 Å². The molecular formula is C86H98Br2ClN9O17. The second kappa shape index (κ2) is 37.2. The van der Waals surface area contributed by atoms with Gasteiger partial charge in [0, 0.05) is 102 Å². The Balaban J connectivity index is 0.000000146. The smallest absolute Gasteiger partial charge is 0.415 e. The molecule has 29 heteroatoms. The molecule has 0 fully saturated rings. The number of halogens is 3. The number of hydrogen-bond acceptors (Lipinski definition) is 22. The van der Waals surface area contributed by atoms with Crippen LogP contribution in [0.2, 0.25) is 0 Å². The molecule has 8 aromatic carbocycles. The third-order valence-electron chi connectivity index (χ3n) is 18.9. The number of nitrogens with one attached hydrogen (secondary N) is 3. The molecule has 0 saturated heterocycles. The van der Waals surface area contributed by atoms with E-state index in [1.54, 1.807) is 40.1 Å². The molecule has 0 bridgehead atoms. The molecule has 8 aliphatic rings. The first-order valence-electron chi connectivity index (χ1n) is 38.0. The first-order chi connectivity index (χ1) is 54.5. The van der Waals surface area contributed by atoms with Crippen molar-refractivity contribution in [3.8, 4) is 28.7 Å². The number of amides is 4. The Bertz CT molecular complexity index is 4730. The van der Waals surface area contributed by atoms with Gasteiger partial charge in [0.15, 0.2) is 0 Å². The lowest BCUT2D eigenvalue weighted by Crippen LogP contribution is -2.41. The van der Waals surface area contributed by atoms with Gasteiger partial charge in [0.05, 0.1) is 72.4 Å². The lowest BCUT2D eigenvalue weighted by Gasteiger charge is -2.32. The fraction of sp³-hybridized carbons (Fsp3) is 0.372. The monoisotopic (exact) mass is 1720 g/mol. The molecule has 610 valence electrons. The van der Waals surface area contributed by atoms with E-state index in [2.05, 4.69) is 63.3 Å². The molecule has 0 spiro atoms. The molecule has 0 unspecified atom stereocenters. The number of nitrogens with zero attached hydrogens (tertiary/aromatic N) is 6. The van der Waals surface area contributed by atoms with E-state index in [0.29, 0.717) is 137 Å². The number of hydrogen-bond donors (Lipinski definition) is 4. The maximum atomic E-state index is 12.6. The minimum Gasteiger partial charge on any atom is -0.490 e. The summed E-state index contributed by atoms with van der Waals surface area (Å²) in [6, 6.07) is 46.4. The molecule has 115 heavy (non-hydrogen) atoms. The normalized spacial score (nSPS) is 14.9. The highest BCUT2D eigenvalue weighted by Gasteiger charge is 2.35. The number of fused-ring (bicyclic) bond motifs is 8. The van der Waals surface area contributed by atoms with Crippen molar-refractivity contribution in [1.82, 2.24) is 5.48 Å². The van der Waals surface area contributed by atoms with Crippen molar-refractivity contribution in [2.45, 2.75) is 132 Å². The molecular weight excluding hydrogens is 1630 g/mol. The minimum absolute atomic E-state index is 0. The van der Waals surface area contributed by atoms with Crippen LogP contribution in [0, 0.1) is 0 Å². The van der Waals surface area contributed by atoms with Gasteiger partial charge in [0.2, 0.25) is 0 Å². The average molecular weight is 1730 g/mol. The Labute approximate surface area is 693 Å². The van der Waals surface area contributed by atoms with Crippen LogP contribution >= 0.6 is 44.3 Å². The van der Waals surface area contributed by atoms with Gasteiger partial charge in [0.1, 0.15) is 78.6 Å². The summed E-state index contributed by atoms with van der Waals surface area (Å²) < 4.78 is 57.2. The summed E-state index contributed by atoms with van der Waals surface area (Å²) in [5, 5.41) is 15.4. The number of carbonyl (C=O) groups is 6. The topological polar surface area (TPSA) is 270 Å². The number of carbonyl (C=O) groups excluding carboxylic acids is 6. The second-order valence-electron chi connectivity index (χ2n) is 30.5. The van der Waals surface area contributed by atoms with E-state index in [1.807, 2.05) is 196 Å². The van der Waals surface area contributed by atoms with Crippen molar-refractivity contribution >= 4 is 126 Å². The predicted octanol–water partition coefficient (Wildman–Crippen LogP) is 17.4. The van der Waals surface area contributed by atoms with Gasteiger partial charge in [-0.15, -0.1) is 12.4 Å². The predicted molar refractivity (Wildman–Crippen MR) is 450 cm³/mol. The lowest BCUT2D eigenvalue weighted by atomic mass is 10.0.